The van der Waals surface area contributed by atoms with Crippen LogP contribution in [0.15, 0.2) is 107 Å². The standard InChI is InChI=1S/C41H34BrN3O8/c1-21-11-13-25(14-12-21)43-45-37(48)30-20-29-27(15-16-28-33(29)38(49)44(36(28)47)26-10-6-7-22(17-26)39(50)51)34(23-18-31(42)35(46)32(19-23)53-2)41(30,40(45)52)24-8-4-3-5-9-24/h3-15,17-19,28-30,33-34,43,46H,16,20H2,1-2H3,(H,50,51)/t28-,29+,30-,33-,34-,41+/m0/s1. The predicted molar refractivity (Wildman–Crippen MR) is 197 cm³/mol. The van der Waals surface area contributed by atoms with Crippen LogP contribution in [0.2, 0.25) is 0 Å². The minimum Gasteiger partial charge on any atom is -0.503 e. The van der Waals surface area contributed by atoms with Crippen LogP contribution in [-0.2, 0) is 24.6 Å². The molecule has 6 atom stereocenters. The average molecular weight is 777 g/mol. The molecule has 4 aromatic carbocycles. The Morgan fingerprint density at radius 1 is 0.906 bits per heavy atom. The molecule has 2 heterocycles. The van der Waals surface area contributed by atoms with Gasteiger partial charge in [0.05, 0.1) is 51.7 Å². The first-order valence-corrected chi connectivity index (χ1v) is 18.0. The van der Waals surface area contributed by atoms with Crippen LogP contribution in [0.25, 0.3) is 0 Å². The number of carbonyl (C=O) groups is 5. The third-order valence-electron chi connectivity index (χ3n) is 11.3. The van der Waals surface area contributed by atoms with E-state index in [0.29, 0.717) is 21.3 Å². The van der Waals surface area contributed by atoms with Crippen LogP contribution in [0.3, 0.4) is 0 Å². The van der Waals surface area contributed by atoms with E-state index in [1.54, 1.807) is 24.3 Å². The highest BCUT2D eigenvalue weighted by Crippen LogP contribution is 2.64. The van der Waals surface area contributed by atoms with E-state index in [2.05, 4.69) is 21.4 Å². The number of carboxylic acid groups (broad SMARTS) is 1. The normalized spacial score (nSPS) is 26.2. The molecule has 2 aliphatic carbocycles. The summed E-state index contributed by atoms with van der Waals surface area (Å²) in [6, 6.07) is 25.5. The summed E-state index contributed by atoms with van der Waals surface area (Å²) in [5.74, 6) is -7.16. The summed E-state index contributed by atoms with van der Waals surface area (Å²) in [4.78, 5) is 71.7. The third kappa shape index (κ3) is 5.10. The highest BCUT2D eigenvalue weighted by molar-refractivity contribution is 9.10. The number of ether oxygens (including phenoxy) is 1. The molecule has 11 nitrogen and oxygen atoms in total. The van der Waals surface area contributed by atoms with Gasteiger partial charge in [-0.2, -0.15) is 5.01 Å². The van der Waals surface area contributed by atoms with Gasteiger partial charge < -0.3 is 14.9 Å². The number of methoxy groups -OCH3 is 1. The topological polar surface area (TPSA) is 154 Å². The number of fused-ring (bicyclic) bond motifs is 4. The summed E-state index contributed by atoms with van der Waals surface area (Å²) in [5, 5.41) is 21.6. The molecule has 53 heavy (non-hydrogen) atoms. The second-order valence-electron chi connectivity index (χ2n) is 14.0. The number of hydrogen-bond donors (Lipinski definition) is 3. The zero-order chi connectivity index (χ0) is 37.3. The van der Waals surface area contributed by atoms with Gasteiger partial charge in [-0.15, -0.1) is 0 Å². The monoisotopic (exact) mass is 775 g/mol. The first kappa shape index (κ1) is 34.3. The number of hydrogen-bond acceptors (Lipinski definition) is 8. The Morgan fingerprint density at radius 2 is 1.64 bits per heavy atom. The fourth-order valence-electron chi connectivity index (χ4n) is 9.07. The van der Waals surface area contributed by atoms with E-state index in [1.807, 2.05) is 55.5 Å². The molecule has 4 amide bonds. The smallest absolute Gasteiger partial charge is 0.335 e. The maximum Gasteiger partial charge on any atom is 0.335 e. The lowest BCUT2D eigenvalue weighted by Gasteiger charge is -2.50. The Morgan fingerprint density at radius 3 is 2.34 bits per heavy atom. The Kier molecular flexibility index (Phi) is 8.25. The Bertz CT molecular complexity index is 2260. The number of amides is 4. The van der Waals surface area contributed by atoms with Gasteiger partial charge in [-0.05, 0) is 95.2 Å². The maximum atomic E-state index is 15.3. The van der Waals surface area contributed by atoms with E-state index in [1.165, 1.54) is 31.4 Å². The SMILES string of the molecule is COc1cc([C@H]2C3=CC[C@@H]4C(=O)N(c5cccc(C(=O)O)c5)C(=O)[C@@H]4[C@@H]3C[C@H]3C(=O)N(Nc4ccc(C)cc4)C(=O)[C@@]23c2ccccc2)cc(Br)c1O. The molecule has 3 fully saturated rings. The number of allylic oxidation sites excluding steroid dienone is 2. The van der Waals surface area contributed by atoms with Crippen molar-refractivity contribution in [2.24, 2.45) is 23.7 Å². The fraction of sp³-hybridized carbons (Fsp3) is 0.244. The Labute approximate surface area is 313 Å². The van der Waals surface area contributed by atoms with Crippen molar-refractivity contribution in [3.05, 3.63) is 129 Å². The van der Waals surface area contributed by atoms with Crippen molar-refractivity contribution in [1.82, 2.24) is 5.01 Å². The number of phenolic OH excluding ortho intramolecular Hbond substituents is 1. The lowest BCUT2D eigenvalue weighted by Crippen LogP contribution is -2.53. The van der Waals surface area contributed by atoms with Gasteiger partial charge >= 0.3 is 5.97 Å². The molecule has 3 N–H and O–H groups in total. The number of anilines is 2. The van der Waals surface area contributed by atoms with E-state index in [-0.39, 0.29) is 35.6 Å². The number of nitrogens with one attached hydrogen (secondary N) is 1. The Balaban J connectivity index is 1.33. The first-order chi connectivity index (χ1) is 25.5. The maximum absolute atomic E-state index is 15.3. The van der Waals surface area contributed by atoms with Gasteiger partial charge in [0.25, 0.3) is 11.8 Å². The van der Waals surface area contributed by atoms with Crippen LogP contribution in [0, 0.1) is 30.6 Å². The first-order valence-electron chi connectivity index (χ1n) is 17.2. The number of carboxylic acids is 1. The van der Waals surface area contributed by atoms with Gasteiger partial charge in [-0.3, -0.25) is 29.5 Å². The van der Waals surface area contributed by atoms with Crippen molar-refractivity contribution in [2.75, 3.05) is 17.4 Å². The van der Waals surface area contributed by atoms with Crippen LogP contribution in [0.1, 0.15) is 45.8 Å². The second-order valence-corrected chi connectivity index (χ2v) is 14.9. The number of benzene rings is 4. The number of imide groups is 2. The number of hydrazine groups is 1. The van der Waals surface area contributed by atoms with Crippen LogP contribution in [0.5, 0.6) is 11.5 Å². The van der Waals surface area contributed by atoms with E-state index < -0.39 is 64.6 Å². The zero-order valence-electron chi connectivity index (χ0n) is 28.7. The largest absolute Gasteiger partial charge is 0.503 e. The average Bonchev–Trinajstić information content (AvgIpc) is 3.54. The number of phenols is 1. The van der Waals surface area contributed by atoms with Gasteiger partial charge in [0, 0.05) is 5.92 Å². The van der Waals surface area contributed by atoms with Crippen molar-refractivity contribution in [1.29, 1.82) is 0 Å². The molecule has 0 aromatic heterocycles. The Hall–Kier alpha value is -5.75. The molecule has 2 aliphatic heterocycles. The van der Waals surface area contributed by atoms with E-state index in [4.69, 9.17) is 4.74 Å². The molecule has 268 valence electrons. The number of aromatic hydroxyl groups is 1. The number of carbonyl (C=O) groups excluding carboxylic acids is 4. The number of rotatable bonds is 7. The minimum atomic E-state index is -1.51. The van der Waals surface area contributed by atoms with E-state index >= 15 is 4.79 Å². The summed E-state index contributed by atoms with van der Waals surface area (Å²) in [6.07, 6.45) is 2.21. The highest BCUT2D eigenvalue weighted by Gasteiger charge is 2.70. The number of aryl methyl sites for hydroxylation is 1. The van der Waals surface area contributed by atoms with Gasteiger partial charge in [0.1, 0.15) is 0 Å². The molecule has 1 saturated carbocycles. The molecule has 12 heteroatoms. The van der Waals surface area contributed by atoms with Crippen molar-refractivity contribution in [3.63, 3.8) is 0 Å². The fourth-order valence-corrected chi connectivity index (χ4v) is 9.53. The minimum absolute atomic E-state index is 0.0646. The number of halogens is 1. The van der Waals surface area contributed by atoms with Crippen LogP contribution < -0.4 is 15.1 Å². The quantitative estimate of drug-likeness (QED) is 0.144. The summed E-state index contributed by atoms with van der Waals surface area (Å²) in [6.45, 7) is 1.94. The molecule has 4 aliphatic rings. The molecular formula is C41H34BrN3O8. The van der Waals surface area contributed by atoms with E-state index in [9.17, 15) is 29.4 Å². The van der Waals surface area contributed by atoms with Crippen molar-refractivity contribution >= 4 is 56.9 Å². The van der Waals surface area contributed by atoms with E-state index in [0.717, 1.165) is 21.0 Å². The van der Waals surface area contributed by atoms with Gasteiger partial charge in [0.15, 0.2) is 11.5 Å². The summed E-state index contributed by atoms with van der Waals surface area (Å²) in [5.41, 5.74) is 5.11. The van der Waals surface area contributed by atoms with Gasteiger partial charge in [-0.25, -0.2) is 4.79 Å². The zero-order valence-corrected chi connectivity index (χ0v) is 30.2. The summed E-state index contributed by atoms with van der Waals surface area (Å²) >= 11 is 3.47. The number of aromatic carboxylic acids is 1. The lowest BCUT2D eigenvalue weighted by molar-refractivity contribution is -0.138. The molecule has 2 saturated heterocycles. The van der Waals surface area contributed by atoms with Crippen molar-refractivity contribution < 1.29 is 38.9 Å². The lowest BCUT2D eigenvalue weighted by atomic mass is 9.49. The highest BCUT2D eigenvalue weighted by atomic mass is 79.9. The molecule has 8 rings (SSSR count). The van der Waals surface area contributed by atoms with Gasteiger partial charge in [0.2, 0.25) is 11.8 Å². The molecule has 0 radical (unpaired) electrons. The summed E-state index contributed by atoms with van der Waals surface area (Å²) in [7, 11) is 1.42. The molecular weight excluding hydrogens is 742 g/mol. The molecule has 0 unspecified atom stereocenters. The van der Waals surface area contributed by atoms with Crippen molar-refractivity contribution in [3.8, 4) is 11.5 Å². The molecule has 0 spiro atoms. The van der Waals surface area contributed by atoms with Crippen LogP contribution in [0.4, 0.5) is 11.4 Å². The second kappa shape index (κ2) is 12.7. The third-order valence-corrected chi connectivity index (χ3v) is 12.0. The van der Waals surface area contributed by atoms with Crippen molar-refractivity contribution in [2.45, 2.75) is 31.1 Å². The molecule has 4 aromatic rings. The van der Waals surface area contributed by atoms with Crippen LogP contribution in [-0.4, -0.2) is 51.9 Å². The summed E-state index contributed by atoms with van der Waals surface area (Å²) < 4.78 is 5.88. The molecule has 0 bridgehead atoms. The predicted octanol–water partition coefficient (Wildman–Crippen LogP) is 6.36. The van der Waals surface area contributed by atoms with Crippen LogP contribution >= 0.6 is 15.9 Å². The number of nitrogens with zero attached hydrogens (tertiary/aromatic N) is 2. The van der Waals surface area contributed by atoms with Gasteiger partial charge in [-0.1, -0.05) is 65.7 Å².